The number of hydrogen-bond acceptors (Lipinski definition) is 3. The van der Waals surface area contributed by atoms with Crippen molar-refractivity contribution in [2.45, 2.75) is 6.42 Å². The van der Waals surface area contributed by atoms with E-state index in [0.29, 0.717) is 17.2 Å². The number of aromatic amines is 1. The molecule has 1 N–H and O–H groups in total. The molecule has 22 heavy (non-hydrogen) atoms. The summed E-state index contributed by atoms with van der Waals surface area (Å²) in [5, 5.41) is 1.16. The number of methoxy groups -OCH3 is 3. The highest BCUT2D eigenvalue weighted by Crippen LogP contribution is 2.38. The summed E-state index contributed by atoms with van der Waals surface area (Å²) < 4.78 is 16.2. The first kappa shape index (κ1) is 14.3. The van der Waals surface area contributed by atoms with Gasteiger partial charge in [0.1, 0.15) is 0 Å². The van der Waals surface area contributed by atoms with Gasteiger partial charge >= 0.3 is 0 Å². The Bertz CT molecular complexity index is 767. The molecule has 0 aliphatic rings. The van der Waals surface area contributed by atoms with E-state index in [1.165, 1.54) is 5.56 Å². The number of H-pyrrole nitrogens is 1. The first-order valence-corrected chi connectivity index (χ1v) is 7.01. The van der Waals surface area contributed by atoms with Crippen LogP contribution in [0, 0.1) is 6.20 Å². The van der Waals surface area contributed by atoms with E-state index in [-0.39, 0.29) is 0 Å². The van der Waals surface area contributed by atoms with Gasteiger partial charge in [-0.1, -0.05) is 6.07 Å². The van der Waals surface area contributed by atoms with Gasteiger partial charge in [0.25, 0.3) is 0 Å². The minimum atomic E-state index is 0.615. The minimum Gasteiger partial charge on any atom is -0.493 e. The fourth-order valence-corrected chi connectivity index (χ4v) is 2.62. The van der Waals surface area contributed by atoms with Crippen molar-refractivity contribution < 1.29 is 14.2 Å². The van der Waals surface area contributed by atoms with Crippen molar-refractivity contribution in [3.63, 3.8) is 0 Å². The average Bonchev–Trinajstić information content (AvgIpc) is 3.01. The van der Waals surface area contributed by atoms with Crippen molar-refractivity contribution in [2.24, 2.45) is 0 Å². The third-order valence-corrected chi connectivity index (χ3v) is 3.68. The Balaban J connectivity index is 1.97. The zero-order valence-corrected chi connectivity index (χ0v) is 12.9. The van der Waals surface area contributed by atoms with E-state index in [4.69, 9.17) is 14.2 Å². The standard InChI is InChI=1S/C18H18NO3/c1-20-16-10-13(11-17(21-2)18(16)22-3)8-12-4-5-15-14(9-12)6-7-19-15/h4-6,9-11,19H,8H2,1-3H3. The molecular weight excluding hydrogens is 278 g/mol. The molecule has 113 valence electrons. The van der Waals surface area contributed by atoms with E-state index in [2.05, 4.69) is 29.4 Å². The Kier molecular flexibility index (Phi) is 3.92. The summed E-state index contributed by atoms with van der Waals surface area (Å²) in [5.74, 6) is 1.96. The van der Waals surface area contributed by atoms with Crippen LogP contribution in [0.2, 0.25) is 0 Å². The highest BCUT2D eigenvalue weighted by atomic mass is 16.5. The van der Waals surface area contributed by atoms with Gasteiger partial charge in [-0.15, -0.1) is 0 Å². The Morgan fingerprint density at radius 2 is 1.64 bits per heavy atom. The van der Waals surface area contributed by atoms with Crippen LogP contribution in [0.5, 0.6) is 17.2 Å². The van der Waals surface area contributed by atoms with Crippen molar-refractivity contribution in [2.75, 3.05) is 21.3 Å². The minimum absolute atomic E-state index is 0.615. The maximum Gasteiger partial charge on any atom is 0.203 e. The lowest BCUT2D eigenvalue weighted by Gasteiger charge is -2.14. The van der Waals surface area contributed by atoms with Crippen molar-refractivity contribution in [3.8, 4) is 17.2 Å². The predicted octanol–water partition coefficient (Wildman–Crippen LogP) is 3.58. The second-order valence-electron chi connectivity index (χ2n) is 5.05. The lowest BCUT2D eigenvalue weighted by atomic mass is 10.0. The largest absolute Gasteiger partial charge is 0.493 e. The molecule has 0 bridgehead atoms. The second-order valence-corrected chi connectivity index (χ2v) is 5.05. The summed E-state index contributed by atoms with van der Waals surface area (Å²) in [6.45, 7) is 0. The Labute approximate surface area is 129 Å². The molecule has 4 nitrogen and oxygen atoms in total. The van der Waals surface area contributed by atoms with E-state index in [1.807, 2.05) is 18.2 Å². The molecule has 4 heteroatoms. The van der Waals surface area contributed by atoms with Gasteiger partial charge in [-0.2, -0.15) is 0 Å². The van der Waals surface area contributed by atoms with E-state index < -0.39 is 0 Å². The molecule has 0 spiro atoms. The molecule has 0 atom stereocenters. The first-order valence-electron chi connectivity index (χ1n) is 7.01. The Hall–Kier alpha value is -2.62. The summed E-state index contributed by atoms with van der Waals surface area (Å²) in [7, 11) is 4.86. The lowest BCUT2D eigenvalue weighted by Crippen LogP contribution is -1.97. The third kappa shape index (κ3) is 2.60. The highest BCUT2D eigenvalue weighted by Gasteiger charge is 2.13. The molecule has 1 aromatic heterocycles. The number of aromatic nitrogens is 1. The molecule has 0 aliphatic heterocycles. The van der Waals surface area contributed by atoms with Crippen LogP contribution in [0.4, 0.5) is 0 Å². The van der Waals surface area contributed by atoms with Gasteiger partial charge in [-0.3, -0.25) is 0 Å². The number of benzene rings is 2. The molecular formula is C18H18NO3. The van der Waals surface area contributed by atoms with E-state index in [1.54, 1.807) is 21.3 Å². The molecule has 0 fully saturated rings. The fourth-order valence-electron chi connectivity index (χ4n) is 2.62. The Morgan fingerprint density at radius 1 is 0.909 bits per heavy atom. The number of nitrogens with one attached hydrogen (secondary N) is 1. The van der Waals surface area contributed by atoms with Crippen LogP contribution in [-0.2, 0) is 6.42 Å². The van der Waals surface area contributed by atoms with Crippen molar-refractivity contribution in [1.29, 1.82) is 0 Å². The normalized spacial score (nSPS) is 10.7. The quantitative estimate of drug-likeness (QED) is 0.782. The van der Waals surface area contributed by atoms with E-state index >= 15 is 0 Å². The topological polar surface area (TPSA) is 43.5 Å². The molecule has 3 rings (SSSR count). The van der Waals surface area contributed by atoms with Gasteiger partial charge in [0.05, 0.1) is 27.5 Å². The zero-order valence-electron chi connectivity index (χ0n) is 12.9. The van der Waals surface area contributed by atoms with Crippen LogP contribution in [0.25, 0.3) is 10.9 Å². The molecule has 2 aromatic carbocycles. The predicted molar refractivity (Wildman–Crippen MR) is 86.0 cm³/mol. The van der Waals surface area contributed by atoms with Gasteiger partial charge < -0.3 is 19.2 Å². The fraction of sp³-hybridized carbons (Fsp3) is 0.222. The molecule has 0 aliphatic carbocycles. The highest BCUT2D eigenvalue weighted by molar-refractivity contribution is 5.79. The smallest absolute Gasteiger partial charge is 0.203 e. The van der Waals surface area contributed by atoms with Gasteiger partial charge in [0.15, 0.2) is 11.5 Å². The van der Waals surface area contributed by atoms with Crippen LogP contribution in [-0.4, -0.2) is 26.3 Å². The zero-order chi connectivity index (χ0) is 15.5. The van der Waals surface area contributed by atoms with Gasteiger partial charge in [0, 0.05) is 10.9 Å². The van der Waals surface area contributed by atoms with Crippen LogP contribution in [0.1, 0.15) is 11.1 Å². The van der Waals surface area contributed by atoms with Gasteiger partial charge in [-0.05, 0) is 47.9 Å². The van der Waals surface area contributed by atoms with Crippen LogP contribution >= 0.6 is 0 Å². The third-order valence-electron chi connectivity index (χ3n) is 3.68. The van der Waals surface area contributed by atoms with Crippen molar-refractivity contribution >= 4 is 10.9 Å². The maximum atomic E-state index is 5.40. The summed E-state index contributed by atoms with van der Waals surface area (Å²) in [4.78, 5) is 3.08. The van der Waals surface area contributed by atoms with Crippen LogP contribution in [0.15, 0.2) is 36.4 Å². The molecule has 0 amide bonds. The number of hydrogen-bond donors (Lipinski definition) is 1. The van der Waals surface area contributed by atoms with Crippen LogP contribution < -0.4 is 14.2 Å². The van der Waals surface area contributed by atoms with Crippen molar-refractivity contribution in [1.82, 2.24) is 4.98 Å². The van der Waals surface area contributed by atoms with Crippen LogP contribution in [0.3, 0.4) is 0 Å². The molecule has 3 aromatic rings. The number of ether oxygens (including phenoxy) is 3. The molecule has 1 heterocycles. The van der Waals surface area contributed by atoms with Gasteiger partial charge in [0.2, 0.25) is 5.75 Å². The molecule has 0 saturated heterocycles. The van der Waals surface area contributed by atoms with E-state index in [9.17, 15) is 0 Å². The summed E-state index contributed by atoms with van der Waals surface area (Å²) in [6.07, 6.45) is 3.79. The molecule has 0 saturated carbocycles. The number of fused-ring (bicyclic) bond motifs is 1. The monoisotopic (exact) mass is 296 g/mol. The van der Waals surface area contributed by atoms with E-state index in [0.717, 1.165) is 22.9 Å². The molecule has 0 unspecified atom stereocenters. The average molecular weight is 296 g/mol. The second kappa shape index (κ2) is 6.02. The molecule has 1 radical (unpaired) electrons. The Morgan fingerprint density at radius 3 is 2.27 bits per heavy atom. The lowest BCUT2D eigenvalue weighted by molar-refractivity contribution is 0.324. The SMILES string of the molecule is COc1cc(Cc2ccc3[nH][c]cc3c2)cc(OC)c1OC. The first-order chi connectivity index (χ1) is 10.7. The summed E-state index contributed by atoms with van der Waals surface area (Å²) >= 11 is 0. The summed E-state index contributed by atoms with van der Waals surface area (Å²) in [5.41, 5.74) is 3.41. The van der Waals surface area contributed by atoms with Crippen molar-refractivity contribution in [3.05, 3.63) is 53.7 Å². The van der Waals surface area contributed by atoms with Gasteiger partial charge in [-0.25, -0.2) is 0 Å². The summed E-state index contributed by atoms with van der Waals surface area (Å²) in [6, 6.07) is 12.2. The number of rotatable bonds is 5. The maximum absolute atomic E-state index is 5.40.